The Morgan fingerprint density at radius 3 is 2.62 bits per heavy atom. The zero-order chi connectivity index (χ0) is 16.5. The maximum absolute atomic E-state index is 12.4. The first-order valence-corrected chi connectivity index (χ1v) is 7.97. The van der Waals surface area contributed by atoms with Gasteiger partial charge < -0.3 is 9.42 Å². The number of benzene rings is 2. The van der Waals surface area contributed by atoms with Crippen LogP contribution < -0.4 is 4.90 Å². The lowest BCUT2D eigenvalue weighted by molar-refractivity contribution is -0.117. The summed E-state index contributed by atoms with van der Waals surface area (Å²) in [6.07, 6.45) is 0.394. The van der Waals surface area contributed by atoms with E-state index in [0.717, 1.165) is 16.8 Å². The minimum absolute atomic E-state index is 0.0675. The van der Waals surface area contributed by atoms with Gasteiger partial charge in [0.15, 0.2) is 0 Å². The number of anilines is 1. The number of hydrogen-bond donors (Lipinski definition) is 0. The van der Waals surface area contributed by atoms with Gasteiger partial charge >= 0.3 is 0 Å². The van der Waals surface area contributed by atoms with Crippen LogP contribution in [0.15, 0.2) is 59.1 Å². The number of aryl methyl sites for hydroxylation is 1. The van der Waals surface area contributed by atoms with Crippen molar-refractivity contribution in [1.29, 1.82) is 0 Å². The fraction of sp³-hybridized carbons (Fsp3) is 0.211. The molecule has 1 atom stereocenters. The van der Waals surface area contributed by atoms with E-state index < -0.39 is 0 Å². The van der Waals surface area contributed by atoms with Gasteiger partial charge in [0.2, 0.25) is 17.6 Å². The van der Waals surface area contributed by atoms with Crippen LogP contribution in [0.2, 0.25) is 0 Å². The van der Waals surface area contributed by atoms with Crippen molar-refractivity contribution in [2.24, 2.45) is 0 Å². The van der Waals surface area contributed by atoms with Crippen LogP contribution in [0.1, 0.15) is 23.8 Å². The predicted octanol–water partition coefficient (Wildman–Crippen LogP) is 3.57. The lowest BCUT2D eigenvalue weighted by Crippen LogP contribution is -2.25. The molecule has 4 rings (SSSR count). The molecule has 120 valence electrons. The molecule has 1 fully saturated rings. The van der Waals surface area contributed by atoms with E-state index in [4.69, 9.17) is 4.52 Å². The van der Waals surface area contributed by atoms with Crippen LogP contribution in [-0.2, 0) is 4.79 Å². The number of aromatic nitrogens is 2. The Morgan fingerprint density at radius 2 is 1.83 bits per heavy atom. The smallest absolute Gasteiger partial charge is 0.232 e. The van der Waals surface area contributed by atoms with Gasteiger partial charge in [-0.2, -0.15) is 4.98 Å². The summed E-state index contributed by atoms with van der Waals surface area (Å²) in [7, 11) is 0. The summed E-state index contributed by atoms with van der Waals surface area (Å²) in [4.78, 5) is 18.7. The monoisotopic (exact) mass is 319 g/mol. The van der Waals surface area contributed by atoms with Crippen molar-refractivity contribution in [3.05, 3.63) is 66.1 Å². The van der Waals surface area contributed by atoms with Crippen molar-refractivity contribution in [1.82, 2.24) is 10.1 Å². The van der Waals surface area contributed by atoms with E-state index in [-0.39, 0.29) is 11.8 Å². The van der Waals surface area contributed by atoms with E-state index in [1.165, 1.54) is 0 Å². The maximum atomic E-state index is 12.4. The minimum atomic E-state index is -0.0675. The van der Waals surface area contributed by atoms with Gasteiger partial charge in [0, 0.05) is 24.2 Å². The summed E-state index contributed by atoms with van der Waals surface area (Å²) in [6.45, 7) is 2.58. The molecule has 0 spiro atoms. The molecule has 1 saturated heterocycles. The van der Waals surface area contributed by atoms with Crippen LogP contribution in [0.25, 0.3) is 11.4 Å². The normalized spacial score (nSPS) is 17.5. The van der Waals surface area contributed by atoms with Gasteiger partial charge in [-0.15, -0.1) is 0 Å². The Morgan fingerprint density at radius 1 is 1.08 bits per heavy atom. The van der Waals surface area contributed by atoms with Crippen molar-refractivity contribution in [3.8, 4) is 11.4 Å². The third-order valence-electron chi connectivity index (χ3n) is 4.35. The predicted molar refractivity (Wildman–Crippen MR) is 90.6 cm³/mol. The van der Waals surface area contributed by atoms with Gasteiger partial charge in [0.25, 0.3) is 0 Å². The molecular weight excluding hydrogens is 302 g/mol. The molecule has 0 saturated carbocycles. The quantitative estimate of drug-likeness (QED) is 0.740. The fourth-order valence-electron chi connectivity index (χ4n) is 3.08. The minimum Gasteiger partial charge on any atom is -0.339 e. The Kier molecular flexibility index (Phi) is 3.61. The zero-order valence-corrected chi connectivity index (χ0v) is 13.3. The molecule has 2 aromatic carbocycles. The van der Waals surface area contributed by atoms with Crippen molar-refractivity contribution in [2.45, 2.75) is 19.3 Å². The fourth-order valence-corrected chi connectivity index (χ4v) is 3.08. The van der Waals surface area contributed by atoms with Crippen molar-refractivity contribution in [2.75, 3.05) is 11.4 Å². The number of hydrogen-bond acceptors (Lipinski definition) is 4. The molecule has 0 bridgehead atoms. The van der Waals surface area contributed by atoms with Crippen molar-refractivity contribution in [3.63, 3.8) is 0 Å². The van der Waals surface area contributed by atoms with Crippen molar-refractivity contribution < 1.29 is 9.32 Å². The van der Waals surface area contributed by atoms with Crippen LogP contribution in [0.3, 0.4) is 0 Å². The van der Waals surface area contributed by atoms with Gasteiger partial charge in [0.05, 0.1) is 5.92 Å². The van der Waals surface area contributed by atoms with Gasteiger partial charge in [-0.25, -0.2) is 0 Å². The lowest BCUT2D eigenvalue weighted by Gasteiger charge is -2.18. The van der Waals surface area contributed by atoms with Gasteiger partial charge in [-0.05, 0) is 18.6 Å². The molecular formula is C19H17N3O2. The molecule has 0 aliphatic carbocycles. The standard InChI is InChI=1S/C19H17N3O2/c1-13-7-5-6-10-16(13)22-12-15(11-17(22)23)19-20-18(21-24-19)14-8-3-2-4-9-14/h2-10,15H,11-12H2,1H3. The number of amides is 1. The Labute approximate surface area is 139 Å². The summed E-state index contributed by atoms with van der Waals surface area (Å²) in [5, 5.41) is 4.06. The molecule has 3 aromatic rings. The third kappa shape index (κ3) is 2.58. The molecule has 1 aliphatic rings. The van der Waals surface area contributed by atoms with Gasteiger partial charge in [0.1, 0.15) is 0 Å². The van der Waals surface area contributed by atoms with E-state index in [1.54, 1.807) is 0 Å². The molecule has 1 aliphatic heterocycles. The topological polar surface area (TPSA) is 59.2 Å². The van der Waals surface area contributed by atoms with Gasteiger partial charge in [-0.1, -0.05) is 53.7 Å². The summed E-state index contributed by atoms with van der Waals surface area (Å²) in [5.41, 5.74) is 2.95. The molecule has 0 N–H and O–H groups in total. The number of rotatable bonds is 3. The average Bonchev–Trinajstić information content (AvgIpc) is 3.23. The first kappa shape index (κ1) is 14.6. The molecule has 5 heteroatoms. The molecule has 24 heavy (non-hydrogen) atoms. The van der Waals surface area contributed by atoms with E-state index in [2.05, 4.69) is 10.1 Å². The Hall–Kier alpha value is -2.95. The first-order valence-electron chi connectivity index (χ1n) is 7.97. The Balaban J connectivity index is 1.58. The number of para-hydroxylation sites is 1. The largest absolute Gasteiger partial charge is 0.339 e. The molecule has 5 nitrogen and oxygen atoms in total. The number of carbonyl (C=O) groups excluding carboxylic acids is 1. The molecule has 1 aromatic heterocycles. The van der Waals surface area contributed by atoms with Crippen LogP contribution in [0, 0.1) is 6.92 Å². The highest BCUT2D eigenvalue weighted by Crippen LogP contribution is 2.33. The van der Waals surface area contributed by atoms with E-state index >= 15 is 0 Å². The molecule has 2 heterocycles. The summed E-state index contributed by atoms with van der Waals surface area (Å²) in [6, 6.07) is 17.6. The third-order valence-corrected chi connectivity index (χ3v) is 4.35. The van der Waals surface area contributed by atoms with E-state index in [9.17, 15) is 4.79 Å². The second-order valence-electron chi connectivity index (χ2n) is 6.01. The second-order valence-corrected chi connectivity index (χ2v) is 6.01. The molecule has 0 radical (unpaired) electrons. The lowest BCUT2D eigenvalue weighted by atomic mass is 10.1. The highest BCUT2D eigenvalue weighted by Gasteiger charge is 2.35. The van der Waals surface area contributed by atoms with E-state index in [0.29, 0.717) is 24.7 Å². The molecule has 1 amide bonds. The summed E-state index contributed by atoms with van der Waals surface area (Å²) in [5.74, 6) is 1.11. The first-order chi connectivity index (χ1) is 11.7. The van der Waals surface area contributed by atoms with Crippen molar-refractivity contribution >= 4 is 11.6 Å². The number of carbonyl (C=O) groups is 1. The summed E-state index contributed by atoms with van der Waals surface area (Å²) < 4.78 is 5.43. The zero-order valence-electron chi connectivity index (χ0n) is 13.3. The van der Waals surface area contributed by atoms with Crippen LogP contribution in [-0.4, -0.2) is 22.6 Å². The van der Waals surface area contributed by atoms with E-state index in [1.807, 2.05) is 66.4 Å². The number of nitrogens with zero attached hydrogens (tertiary/aromatic N) is 3. The second kappa shape index (κ2) is 5.92. The SMILES string of the molecule is Cc1ccccc1N1CC(c2nc(-c3ccccc3)no2)CC1=O. The highest BCUT2D eigenvalue weighted by atomic mass is 16.5. The van der Waals surface area contributed by atoms with Crippen LogP contribution >= 0.6 is 0 Å². The van der Waals surface area contributed by atoms with Gasteiger partial charge in [-0.3, -0.25) is 4.79 Å². The summed E-state index contributed by atoms with van der Waals surface area (Å²) >= 11 is 0. The highest BCUT2D eigenvalue weighted by molar-refractivity contribution is 5.97. The Bertz CT molecular complexity index is 873. The van der Waals surface area contributed by atoms with Crippen LogP contribution in [0.5, 0.6) is 0 Å². The average molecular weight is 319 g/mol. The van der Waals surface area contributed by atoms with Crippen LogP contribution in [0.4, 0.5) is 5.69 Å². The molecule has 1 unspecified atom stereocenters. The maximum Gasteiger partial charge on any atom is 0.232 e.